The Bertz CT molecular complexity index is 769. The highest BCUT2D eigenvalue weighted by Gasteiger charge is 2.08. The number of thiophene rings is 1. The number of aryl methyl sites for hydroxylation is 1. The summed E-state index contributed by atoms with van der Waals surface area (Å²) in [5.41, 5.74) is 3.28. The van der Waals surface area contributed by atoms with Gasteiger partial charge in [-0.25, -0.2) is 0 Å². The molecule has 0 fully saturated rings. The summed E-state index contributed by atoms with van der Waals surface area (Å²) in [5.74, 6) is 0.0897. The lowest BCUT2D eigenvalue weighted by atomic mass is 10.1. The van der Waals surface area contributed by atoms with Crippen LogP contribution in [0.2, 0.25) is 0 Å². The Hall–Kier alpha value is -2.46. The number of amides is 1. The molecule has 0 unspecified atom stereocenters. The van der Waals surface area contributed by atoms with Gasteiger partial charge in [0.25, 0.3) is 0 Å². The van der Waals surface area contributed by atoms with E-state index in [0.717, 1.165) is 29.0 Å². The van der Waals surface area contributed by atoms with E-state index >= 15 is 0 Å². The highest BCUT2D eigenvalue weighted by atomic mass is 32.1. The predicted octanol–water partition coefficient (Wildman–Crippen LogP) is 4.45. The van der Waals surface area contributed by atoms with Crippen LogP contribution >= 0.6 is 11.3 Å². The van der Waals surface area contributed by atoms with Crippen molar-refractivity contribution in [2.45, 2.75) is 25.8 Å². The summed E-state index contributed by atoms with van der Waals surface area (Å²) in [6.45, 7) is 0.519. The van der Waals surface area contributed by atoms with Crippen LogP contribution in [0.1, 0.15) is 24.0 Å². The van der Waals surface area contributed by atoms with Crippen molar-refractivity contribution in [1.29, 1.82) is 0 Å². The third kappa shape index (κ3) is 4.52. The molecule has 2 aromatic heterocycles. The van der Waals surface area contributed by atoms with Gasteiger partial charge in [-0.1, -0.05) is 42.5 Å². The SMILES string of the molecule is O=C(CCCc1ccccc1)NCc1cccnc1-c1cccs1. The zero-order valence-electron chi connectivity index (χ0n) is 13.4. The third-order valence-corrected chi connectivity index (χ3v) is 4.71. The summed E-state index contributed by atoms with van der Waals surface area (Å²) in [5, 5.41) is 5.05. The standard InChI is InChI=1S/C20H20N2OS/c23-19(12-4-9-16-7-2-1-3-8-16)22-15-17-10-5-13-21-20(17)18-11-6-14-24-18/h1-3,5-8,10-11,13-14H,4,9,12,15H2,(H,22,23). The van der Waals surface area contributed by atoms with Crippen molar-refractivity contribution in [3.8, 4) is 10.6 Å². The van der Waals surface area contributed by atoms with Crippen LogP contribution in [-0.2, 0) is 17.8 Å². The molecule has 0 saturated heterocycles. The molecule has 4 heteroatoms. The van der Waals surface area contributed by atoms with Crippen molar-refractivity contribution >= 4 is 17.2 Å². The Morgan fingerprint density at radius 2 is 1.92 bits per heavy atom. The topological polar surface area (TPSA) is 42.0 Å². The molecule has 3 aromatic rings. The molecular formula is C20H20N2OS. The first kappa shape index (κ1) is 16.4. The van der Waals surface area contributed by atoms with Gasteiger partial charge in [-0.15, -0.1) is 11.3 Å². The molecule has 1 N–H and O–H groups in total. The minimum Gasteiger partial charge on any atom is -0.352 e. The normalized spacial score (nSPS) is 10.5. The van der Waals surface area contributed by atoms with Gasteiger partial charge in [-0.05, 0) is 41.5 Å². The maximum Gasteiger partial charge on any atom is 0.220 e. The molecule has 2 heterocycles. The van der Waals surface area contributed by atoms with E-state index in [0.29, 0.717) is 13.0 Å². The van der Waals surface area contributed by atoms with Gasteiger partial charge in [0.15, 0.2) is 0 Å². The molecule has 0 bridgehead atoms. The van der Waals surface area contributed by atoms with E-state index in [-0.39, 0.29) is 5.91 Å². The molecule has 0 atom stereocenters. The van der Waals surface area contributed by atoms with Crippen LogP contribution in [0.3, 0.4) is 0 Å². The number of carbonyl (C=O) groups excluding carboxylic acids is 1. The van der Waals surface area contributed by atoms with Gasteiger partial charge in [0.05, 0.1) is 10.6 Å². The quantitative estimate of drug-likeness (QED) is 0.692. The van der Waals surface area contributed by atoms with E-state index in [2.05, 4.69) is 28.5 Å². The van der Waals surface area contributed by atoms with E-state index in [1.165, 1.54) is 5.56 Å². The first-order valence-electron chi connectivity index (χ1n) is 8.11. The number of carbonyl (C=O) groups is 1. The molecule has 122 valence electrons. The average Bonchev–Trinajstić information content (AvgIpc) is 3.16. The fraction of sp³-hybridized carbons (Fsp3) is 0.200. The van der Waals surface area contributed by atoms with E-state index in [1.807, 2.05) is 41.8 Å². The molecule has 1 aromatic carbocycles. The van der Waals surface area contributed by atoms with Crippen molar-refractivity contribution in [3.05, 3.63) is 77.3 Å². The number of aromatic nitrogens is 1. The van der Waals surface area contributed by atoms with Gasteiger partial charge in [0.2, 0.25) is 5.91 Å². The molecule has 3 rings (SSSR count). The van der Waals surface area contributed by atoms with Gasteiger partial charge in [-0.3, -0.25) is 9.78 Å². The van der Waals surface area contributed by atoms with Crippen molar-refractivity contribution < 1.29 is 4.79 Å². The van der Waals surface area contributed by atoms with Crippen molar-refractivity contribution in [2.75, 3.05) is 0 Å². The Morgan fingerprint density at radius 1 is 1.04 bits per heavy atom. The van der Waals surface area contributed by atoms with Gasteiger partial charge in [0, 0.05) is 19.2 Å². The van der Waals surface area contributed by atoms with Crippen LogP contribution in [0.4, 0.5) is 0 Å². The van der Waals surface area contributed by atoms with Crippen molar-refractivity contribution in [2.24, 2.45) is 0 Å². The Kier molecular flexibility index (Phi) is 5.75. The van der Waals surface area contributed by atoms with Crippen LogP contribution in [0.15, 0.2) is 66.2 Å². The summed E-state index contributed by atoms with van der Waals surface area (Å²) >= 11 is 1.66. The highest BCUT2D eigenvalue weighted by molar-refractivity contribution is 7.13. The fourth-order valence-electron chi connectivity index (χ4n) is 2.60. The number of rotatable bonds is 7. The third-order valence-electron chi connectivity index (χ3n) is 3.83. The second kappa shape index (κ2) is 8.41. The number of pyridine rings is 1. The summed E-state index contributed by atoms with van der Waals surface area (Å²) in [6.07, 6.45) is 4.13. The molecule has 3 nitrogen and oxygen atoms in total. The van der Waals surface area contributed by atoms with Crippen LogP contribution in [0.5, 0.6) is 0 Å². The number of benzene rings is 1. The number of hydrogen-bond donors (Lipinski definition) is 1. The van der Waals surface area contributed by atoms with E-state index in [9.17, 15) is 4.79 Å². The Balaban J connectivity index is 1.50. The van der Waals surface area contributed by atoms with Crippen LogP contribution in [-0.4, -0.2) is 10.9 Å². The number of nitrogens with zero attached hydrogens (tertiary/aromatic N) is 1. The van der Waals surface area contributed by atoms with Crippen LogP contribution in [0.25, 0.3) is 10.6 Å². The zero-order valence-corrected chi connectivity index (χ0v) is 14.3. The second-order valence-corrected chi connectivity index (χ2v) is 6.55. The minimum absolute atomic E-state index is 0.0897. The molecule has 24 heavy (non-hydrogen) atoms. The molecule has 0 aliphatic carbocycles. The summed E-state index contributed by atoms with van der Waals surface area (Å²) in [6, 6.07) is 18.3. The lowest BCUT2D eigenvalue weighted by Gasteiger charge is -2.09. The number of hydrogen-bond acceptors (Lipinski definition) is 3. The van der Waals surface area contributed by atoms with Crippen LogP contribution in [0, 0.1) is 0 Å². The smallest absolute Gasteiger partial charge is 0.220 e. The monoisotopic (exact) mass is 336 g/mol. The second-order valence-electron chi connectivity index (χ2n) is 5.60. The lowest BCUT2D eigenvalue weighted by Crippen LogP contribution is -2.23. The van der Waals surface area contributed by atoms with Gasteiger partial charge < -0.3 is 5.32 Å². The van der Waals surface area contributed by atoms with Crippen LogP contribution < -0.4 is 5.32 Å². The van der Waals surface area contributed by atoms with E-state index < -0.39 is 0 Å². The van der Waals surface area contributed by atoms with E-state index in [1.54, 1.807) is 17.5 Å². The Labute approximate surface area is 146 Å². The largest absolute Gasteiger partial charge is 0.352 e. The summed E-state index contributed by atoms with van der Waals surface area (Å²) in [7, 11) is 0. The van der Waals surface area contributed by atoms with Crippen molar-refractivity contribution in [1.82, 2.24) is 10.3 Å². The molecule has 0 saturated carbocycles. The van der Waals surface area contributed by atoms with E-state index in [4.69, 9.17) is 0 Å². The average molecular weight is 336 g/mol. The molecule has 0 aliphatic heterocycles. The molecule has 0 aliphatic rings. The first-order valence-corrected chi connectivity index (χ1v) is 8.99. The maximum absolute atomic E-state index is 12.1. The van der Waals surface area contributed by atoms with Gasteiger partial charge in [0.1, 0.15) is 0 Å². The van der Waals surface area contributed by atoms with Gasteiger partial charge >= 0.3 is 0 Å². The van der Waals surface area contributed by atoms with Crippen molar-refractivity contribution in [3.63, 3.8) is 0 Å². The van der Waals surface area contributed by atoms with Gasteiger partial charge in [-0.2, -0.15) is 0 Å². The number of nitrogens with one attached hydrogen (secondary N) is 1. The molecule has 1 amide bonds. The zero-order chi connectivity index (χ0) is 16.6. The molecule has 0 spiro atoms. The maximum atomic E-state index is 12.1. The Morgan fingerprint density at radius 3 is 2.71 bits per heavy atom. The fourth-order valence-corrected chi connectivity index (χ4v) is 3.35. The lowest BCUT2D eigenvalue weighted by molar-refractivity contribution is -0.121. The minimum atomic E-state index is 0.0897. The summed E-state index contributed by atoms with van der Waals surface area (Å²) < 4.78 is 0. The molecular weight excluding hydrogens is 316 g/mol. The molecule has 0 radical (unpaired) electrons. The summed E-state index contributed by atoms with van der Waals surface area (Å²) in [4.78, 5) is 17.7. The highest BCUT2D eigenvalue weighted by Crippen LogP contribution is 2.25. The first-order chi connectivity index (χ1) is 11.8. The predicted molar refractivity (Wildman–Crippen MR) is 98.8 cm³/mol.